The minimum Gasteiger partial charge on any atom is -0.381 e. The zero-order chi connectivity index (χ0) is 28.1. The zero-order valence-electron chi connectivity index (χ0n) is 23.6. The Kier molecular flexibility index (Phi) is 8.89. The summed E-state index contributed by atoms with van der Waals surface area (Å²) in [6.45, 7) is 5.94. The molecule has 41 heavy (non-hydrogen) atoms. The van der Waals surface area contributed by atoms with Gasteiger partial charge >= 0.3 is 0 Å². The van der Waals surface area contributed by atoms with Gasteiger partial charge in [0.25, 0.3) is 0 Å². The van der Waals surface area contributed by atoms with E-state index in [2.05, 4.69) is 62.9 Å². The van der Waals surface area contributed by atoms with Gasteiger partial charge in [-0.25, -0.2) is 0 Å². The Morgan fingerprint density at radius 1 is 0.878 bits per heavy atom. The number of hydrogen-bond acceptors (Lipinski definition) is 6. The number of benzene rings is 2. The standard InChI is InChI=1S/C32H39ClN6OS/c33-27-11-7-10-26(20-27)32(13-18-40-19-14-32)23-34-31(41)37-30-35-28(38-15-5-1-2-6-16-38)21-29(36-30)39-17-12-24-8-3-4-9-25(24)22-39/h3-4,7-11,20-21H,1-2,5-6,12-19,22-23H2,(H2,34,35,36,37,41). The fourth-order valence-corrected chi connectivity index (χ4v) is 6.69. The average molecular weight is 591 g/mol. The van der Waals surface area contributed by atoms with Gasteiger partial charge in [0, 0.05) is 62.4 Å². The van der Waals surface area contributed by atoms with Crippen molar-refractivity contribution in [2.24, 2.45) is 0 Å². The van der Waals surface area contributed by atoms with E-state index in [0.29, 0.717) is 17.6 Å². The Morgan fingerprint density at radius 2 is 1.61 bits per heavy atom. The van der Waals surface area contributed by atoms with E-state index >= 15 is 0 Å². The van der Waals surface area contributed by atoms with Gasteiger partial charge in [0.15, 0.2) is 5.11 Å². The highest BCUT2D eigenvalue weighted by molar-refractivity contribution is 7.80. The summed E-state index contributed by atoms with van der Waals surface area (Å²) in [4.78, 5) is 14.7. The molecule has 2 saturated heterocycles. The van der Waals surface area contributed by atoms with Gasteiger partial charge in [0.2, 0.25) is 5.95 Å². The van der Waals surface area contributed by atoms with Crippen molar-refractivity contribution in [2.75, 3.05) is 54.5 Å². The van der Waals surface area contributed by atoms with Crippen LogP contribution in [0.1, 0.15) is 55.2 Å². The Labute approximate surface area is 253 Å². The Balaban J connectivity index is 1.22. The highest BCUT2D eigenvalue weighted by atomic mass is 35.5. The van der Waals surface area contributed by atoms with Crippen molar-refractivity contribution in [3.05, 3.63) is 76.3 Å². The second-order valence-electron chi connectivity index (χ2n) is 11.5. The molecule has 2 N–H and O–H groups in total. The van der Waals surface area contributed by atoms with Crippen LogP contribution in [0.4, 0.5) is 17.6 Å². The van der Waals surface area contributed by atoms with Crippen LogP contribution in [-0.4, -0.2) is 54.5 Å². The molecule has 0 radical (unpaired) electrons. The minimum atomic E-state index is -0.101. The number of rotatable bonds is 6. The minimum absolute atomic E-state index is 0.101. The van der Waals surface area contributed by atoms with Gasteiger partial charge in [0.1, 0.15) is 11.6 Å². The second kappa shape index (κ2) is 12.9. The summed E-state index contributed by atoms with van der Waals surface area (Å²) in [5, 5.41) is 8.12. The Morgan fingerprint density at radius 3 is 2.37 bits per heavy atom. The summed E-state index contributed by atoms with van der Waals surface area (Å²) in [5.41, 5.74) is 3.91. The van der Waals surface area contributed by atoms with E-state index in [4.69, 9.17) is 38.5 Å². The van der Waals surface area contributed by atoms with Crippen molar-refractivity contribution in [3.63, 3.8) is 0 Å². The molecule has 216 valence electrons. The lowest BCUT2D eigenvalue weighted by Crippen LogP contribution is -2.45. The fraction of sp³-hybridized carbons (Fsp3) is 0.469. The van der Waals surface area contributed by atoms with Gasteiger partial charge in [-0.15, -0.1) is 0 Å². The van der Waals surface area contributed by atoms with E-state index < -0.39 is 0 Å². The molecule has 7 nitrogen and oxygen atoms in total. The van der Waals surface area contributed by atoms with Gasteiger partial charge in [-0.2, -0.15) is 9.97 Å². The summed E-state index contributed by atoms with van der Waals surface area (Å²) >= 11 is 12.2. The molecule has 2 aromatic carbocycles. The molecule has 3 aliphatic rings. The van der Waals surface area contributed by atoms with Crippen LogP contribution in [0, 0.1) is 0 Å². The van der Waals surface area contributed by atoms with E-state index in [1.807, 2.05) is 12.1 Å². The highest BCUT2D eigenvalue weighted by Crippen LogP contribution is 2.35. The lowest BCUT2D eigenvalue weighted by Gasteiger charge is -2.38. The molecule has 9 heteroatoms. The van der Waals surface area contributed by atoms with Gasteiger partial charge in [0.05, 0.1) is 0 Å². The first-order valence-corrected chi connectivity index (χ1v) is 15.7. The smallest absolute Gasteiger partial charge is 0.232 e. The zero-order valence-corrected chi connectivity index (χ0v) is 25.2. The molecular formula is C32H39ClN6OS. The third-order valence-electron chi connectivity index (χ3n) is 8.78. The lowest BCUT2D eigenvalue weighted by molar-refractivity contribution is 0.0515. The van der Waals surface area contributed by atoms with Crippen LogP contribution in [-0.2, 0) is 23.1 Å². The number of halogens is 1. The van der Waals surface area contributed by atoms with Crippen LogP contribution >= 0.6 is 23.8 Å². The number of nitrogens with one attached hydrogen (secondary N) is 2. The number of anilines is 3. The molecule has 6 rings (SSSR count). The second-order valence-corrected chi connectivity index (χ2v) is 12.3. The number of thiocarbonyl (C=S) groups is 1. The predicted octanol–water partition coefficient (Wildman–Crippen LogP) is 6.11. The molecule has 0 unspecified atom stereocenters. The first-order chi connectivity index (χ1) is 20.1. The third kappa shape index (κ3) is 6.76. The normalized spacial score (nSPS) is 18.8. The van der Waals surface area contributed by atoms with Gasteiger partial charge < -0.3 is 25.2 Å². The number of aromatic nitrogens is 2. The third-order valence-corrected chi connectivity index (χ3v) is 9.26. The maximum absolute atomic E-state index is 6.38. The van der Waals surface area contributed by atoms with Crippen molar-refractivity contribution < 1.29 is 4.74 Å². The maximum Gasteiger partial charge on any atom is 0.232 e. The average Bonchev–Trinajstić information content (AvgIpc) is 3.30. The predicted molar refractivity (Wildman–Crippen MR) is 171 cm³/mol. The molecule has 0 aliphatic carbocycles. The molecule has 0 amide bonds. The number of fused-ring (bicyclic) bond motifs is 1. The fourth-order valence-electron chi connectivity index (χ4n) is 6.34. The first-order valence-electron chi connectivity index (χ1n) is 14.9. The molecule has 0 atom stereocenters. The van der Waals surface area contributed by atoms with Gasteiger partial charge in [-0.3, -0.25) is 0 Å². The first kappa shape index (κ1) is 28.2. The van der Waals surface area contributed by atoms with Crippen LogP contribution < -0.4 is 20.4 Å². The maximum atomic E-state index is 6.38. The SMILES string of the molecule is S=C(NCC1(c2cccc(Cl)c2)CCOCC1)Nc1nc(N2CCCCCC2)cc(N2CCc3ccccc3C2)n1. The van der Waals surface area contributed by atoms with E-state index in [9.17, 15) is 0 Å². The Hall–Kier alpha value is -2.94. The molecule has 4 heterocycles. The summed E-state index contributed by atoms with van der Waals surface area (Å²) in [6.07, 6.45) is 7.75. The van der Waals surface area contributed by atoms with Crippen molar-refractivity contribution >= 4 is 46.5 Å². The van der Waals surface area contributed by atoms with Crippen LogP contribution in [0.5, 0.6) is 0 Å². The molecule has 0 spiro atoms. The van der Waals surface area contributed by atoms with E-state index in [1.165, 1.54) is 42.4 Å². The topological polar surface area (TPSA) is 65.6 Å². The quantitative estimate of drug-likeness (QED) is 0.334. The van der Waals surface area contributed by atoms with Gasteiger partial charge in [-0.1, -0.05) is 60.8 Å². The summed E-state index contributed by atoms with van der Waals surface area (Å²) in [5.74, 6) is 2.46. The molecule has 3 aliphatic heterocycles. The lowest BCUT2D eigenvalue weighted by atomic mass is 9.74. The summed E-state index contributed by atoms with van der Waals surface area (Å²) in [7, 11) is 0. The summed E-state index contributed by atoms with van der Waals surface area (Å²) < 4.78 is 5.71. The van der Waals surface area contributed by atoms with Crippen LogP contribution in [0.3, 0.4) is 0 Å². The van der Waals surface area contributed by atoms with Crippen LogP contribution in [0.15, 0.2) is 54.6 Å². The highest BCUT2D eigenvalue weighted by Gasteiger charge is 2.35. The Bertz CT molecular complexity index is 1360. The van der Waals surface area contributed by atoms with Crippen molar-refractivity contribution in [1.29, 1.82) is 0 Å². The number of nitrogens with zero attached hydrogens (tertiary/aromatic N) is 4. The van der Waals surface area contributed by atoms with Crippen molar-refractivity contribution in [1.82, 2.24) is 15.3 Å². The van der Waals surface area contributed by atoms with Crippen molar-refractivity contribution in [3.8, 4) is 0 Å². The monoisotopic (exact) mass is 590 g/mol. The largest absolute Gasteiger partial charge is 0.381 e. The van der Waals surface area contributed by atoms with E-state index in [0.717, 1.165) is 75.3 Å². The summed E-state index contributed by atoms with van der Waals surface area (Å²) in [6, 6.07) is 19.0. The van der Waals surface area contributed by atoms with Gasteiger partial charge in [-0.05, 0) is 73.1 Å². The molecule has 1 aromatic heterocycles. The molecule has 0 saturated carbocycles. The molecule has 0 bridgehead atoms. The number of hydrogen-bond donors (Lipinski definition) is 2. The van der Waals surface area contributed by atoms with E-state index in [-0.39, 0.29) is 5.41 Å². The van der Waals surface area contributed by atoms with Crippen LogP contribution in [0.2, 0.25) is 5.02 Å². The van der Waals surface area contributed by atoms with Crippen LogP contribution in [0.25, 0.3) is 0 Å². The molecule has 3 aromatic rings. The molecular weight excluding hydrogens is 552 g/mol. The molecule has 2 fully saturated rings. The van der Waals surface area contributed by atoms with E-state index in [1.54, 1.807) is 0 Å². The number of ether oxygens (including phenoxy) is 1. The van der Waals surface area contributed by atoms with Crippen molar-refractivity contribution in [2.45, 2.75) is 56.9 Å².